The van der Waals surface area contributed by atoms with E-state index in [1.165, 1.54) is 5.56 Å². The van der Waals surface area contributed by atoms with Crippen molar-refractivity contribution in [3.05, 3.63) is 35.9 Å². The molecule has 0 bridgehead atoms. The number of nitrogens with one attached hydrogen (secondary N) is 2. The third-order valence-electron chi connectivity index (χ3n) is 4.65. The van der Waals surface area contributed by atoms with E-state index in [4.69, 9.17) is 4.99 Å². The zero-order chi connectivity index (χ0) is 18.1. The second-order valence-corrected chi connectivity index (χ2v) is 7.26. The number of aliphatic imine (C=N–C) groups is 1. The van der Waals surface area contributed by atoms with E-state index in [1.807, 2.05) is 0 Å². The molecular weight excluding hydrogens is 310 g/mol. The molecule has 0 amide bonds. The van der Waals surface area contributed by atoms with Crippen LogP contribution in [-0.2, 0) is 6.54 Å². The summed E-state index contributed by atoms with van der Waals surface area (Å²) in [6.07, 6.45) is 2.25. The predicted octanol–water partition coefficient (Wildman–Crippen LogP) is 2.16. The molecule has 1 aromatic rings. The van der Waals surface area contributed by atoms with Gasteiger partial charge in [0.15, 0.2) is 5.96 Å². The van der Waals surface area contributed by atoms with Gasteiger partial charge in [-0.1, -0.05) is 30.3 Å². The third kappa shape index (κ3) is 7.04. The highest BCUT2D eigenvalue weighted by Crippen LogP contribution is 2.20. The van der Waals surface area contributed by atoms with Crippen LogP contribution in [0.3, 0.4) is 0 Å². The molecule has 0 spiro atoms. The number of hydrogen-bond donors (Lipinski definition) is 2. The van der Waals surface area contributed by atoms with Gasteiger partial charge in [-0.05, 0) is 52.9 Å². The zero-order valence-electron chi connectivity index (χ0n) is 16.3. The number of rotatable bonds is 8. The van der Waals surface area contributed by atoms with Crippen molar-refractivity contribution in [1.29, 1.82) is 0 Å². The molecule has 5 heteroatoms. The van der Waals surface area contributed by atoms with Gasteiger partial charge >= 0.3 is 0 Å². The molecule has 1 fully saturated rings. The van der Waals surface area contributed by atoms with Gasteiger partial charge in [0.1, 0.15) is 0 Å². The molecule has 25 heavy (non-hydrogen) atoms. The fourth-order valence-electron chi connectivity index (χ4n) is 3.33. The first-order valence-electron chi connectivity index (χ1n) is 9.56. The SMILES string of the molecule is CCNC(=NCCCN(C)C)NC1CC(C)N(Cc2ccccc2)C1. The molecule has 5 nitrogen and oxygen atoms in total. The van der Waals surface area contributed by atoms with Gasteiger partial charge in [0, 0.05) is 38.3 Å². The largest absolute Gasteiger partial charge is 0.357 e. The van der Waals surface area contributed by atoms with E-state index in [0.29, 0.717) is 12.1 Å². The molecule has 0 aliphatic carbocycles. The molecule has 2 N–H and O–H groups in total. The number of likely N-dealkylation sites (tertiary alicyclic amines) is 1. The second kappa shape index (κ2) is 10.4. The maximum absolute atomic E-state index is 4.73. The van der Waals surface area contributed by atoms with Crippen molar-refractivity contribution in [3.8, 4) is 0 Å². The zero-order valence-corrected chi connectivity index (χ0v) is 16.3. The number of benzene rings is 1. The monoisotopic (exact) mass is 345 g/mol. The van der Waals surface area contributed by atoms with Crippen LogP contribution in [0.5, 0.6) is 0 Å². The summed E-state index contributed by atoms with van der Waals surface area (Å²) in [6, 6.07) is 11.8. The summed E-state index contributed by atoms with van der Waals surface area (Å²) in [5.74, 6) is 0.958. The highest BCUT2D eigenvalue weighted by Gasteiger charge is 2.29. The average molecular weight is 346 g/mol. The number of guanidine groups is 1. The first-order chi connectivity index (χ1) is 12.1. The molecule has 2 unspecified atom stereocenters. The normalized spacial score (nSPS) is 21.7. The summed E-state index contributed by atoms with van der Waals surface area (Å²) < 4.78 is 0. The molecule has 2 rings (SSSR count). The first kappa shape index (κ1) is 19.7. The lowest BCUT2D eigenvalue weighted by molar-refractivity contribution is 0.258. The van der Waals surface area contributed by atoms with Gasteiger partial charge in [-0.2, -0.15) is 0 Å². The fourth-order valence-corrected chi connectivity index (χ4v) is 3.33. The van der Waals surface area contributed by atoms with Crippen LogP contribution in [0, 0.1) is 0 Å². The summed E-state index contributed by atoms with van der Waals surface area (Å²) >= 11 is 0. The Morgan fingerprint density at radius 1 is 1.28 bits per heavy atom. The molecule has 1 aliphatic rings. The van der Waals surface area contributed by atoms with Crippen LogP contribution in [0.1, 0.15) is 32.3 Å². The molecule has 140 valence electrons. The van der Waals surface area contributed by atoms with Gasteiger partial charge in [0.2, 0.25) is 0 Å². The summed E-state index contributed by atoms with van der Waals surface area (Å²) in [6.45, 7) is 9.38. The second-order valence-electron chi connectivity index (χ2n) is 7.26. The highest BCUT2D eigenvalue weighted by molar-refractivity contribution is 5.80. The summed E-state index contributed by atoms with van der Waals surface area (Å²) in [4.78, 5) is 9.49. The van der Waals surface area contributed by atoms with Crippen molar-refractivity contribution in [3.63, 3.8) is 0 Å². The Morgan fingerprint density at radius 3 is 2.72 bits per heavy atom. The maximum atomic E-state index is 4.73. The van der Waals surface area contributed by atoms with Crippen molar-refractivity contribution >= 4 is 5.96 Å². The Kier molecular flexibility index (Phi) is 8.22. The first-order valence-corrected chi connectivity index (χ1v) is 9.56. The summed E-state index contributed by atoms with van der Waals surface area (Å²) in [5, 5.41) is 7.02. The van der Waals surface area contributed by atoms with Gasteiger partial charge in [0.05, 0.1) is 0 Å². The van der Waals surface area contributed by atoms with Crippen molar-refractivity contribution in [1.82, 2.24) is 20.4 Å². The molecule has 0 radical (unpaired) electrons. The molecule has 2 atom stereocenters. The maximum Gasteiger partial charge on any atom is 0.191 e. The van der Waals surface area contributed by atoms with E-state index in [-0.39, 0.29) is 0 Å². The van der Waals surface area contributed by atoms with E-state index in [0.717, 1.165) is 51.5 Å². The van der Waals surface area contributed by atoms with Gasteiger partial charge in [0.25, 0.3) is 0 Å². The quantitative estimate of drug-likeness (QED) is 0.430. The van der Waals surface area contributed by atoms with Crippen LogP contribution in [-0.4, -0.2) is 68.1 Å². The molecule has 0 saturated carbocycles. The van der Waals surface area contributed by atoms with E-state index in [9.17, 15) is 0 Å². The van der Waals surface area contributed by atoms with E-state index in [2.05, 4.69) is 78.7 Å². The molecule has 0 aromatic heterocycles. The Morgan fingerprint density at radius 2 is 2.04 bits per heavy atom. The van der Waals surface area contributed by atoms with E-state index < -0.39 is 0 Å². The van der Waals surface area contributed by atoms with Crippen LogP contribution in [0.2, 0.25) is 0 Å². The van der Waals surface area contributed by atoms with E-state index >= 15 is 0 Å². The minimum absolute atomic E-state index is 0.463. The Hall–Kier alpha value is -1.59. The molecule has 1 heterocycles. The lowest BCUT2D eigenvalue weighted by Gasteiger charge is -2.21. The lowest BCUT2D eigenvalue weighted by atomic mass is 10.2. The highest BCUT2D eigenvalue weighted by atomic mass is 15.3. The predicted molar refractivity (Wildman–Crippen MR) is 107 cm³/mol. The van der Waals surface area contributed by atoms with Crippen LogP contribution in [0.4, 0.5) is 0 Å². The van der Waals surface area contributed by atoms with Crippen molar-refractivity contribution in [2.24, 2.45) is 4.99 Å². The van der Waals surface area contributed by atoms with Crippen LogP contribution in [0.25, 0.3) is 0 Å². The molecular formula is C20H35N5. The van der Waals surface area contributed by atoms with Gasteiger partial charge in [-0.15, -0.1) is 0 Å². The molecule has 1 saturated heterocycles. The van der Waals surface area contributed by atoms with Crippen LogP contribution < -0.4 is 10.6 Å². The third-order valence-corrected chi connectivity index (χ3v) is 4.65. The summed E-state index contributed by atoms with van der Waals surface area (Å²) in [7, 11) is 4.21. The molecule has 1 aromatic carbocycles. The Balaban J connectivity index is 1.84. The lowest BCUT2D eigenvalue weighted by Crippen LogP contribution is -2.44. The minimum Gasteiger partial charge on any atom is -0.357 e. The fraction of sp³-hybridized carbons (Fsp3) is 0.650. The minimum atomic E-state index is 0.463. The Labute approximate surface area is 153 Å². The Bertz CT molecular complexity index is 514. The van der Waals surface area contributed by atoms with Gasteiger partial charge < -0.3 is 15.5 Å². The van der Waals surface area contributed by atoms with Crippen LogP contribution >= 0.6 is 0 Å². The summed E-state index contributed by atoms with van der Waals surface area (Å²) in [5.41, 5.74) is 1.39. The van der Waals surface area contributed by atoms with Crippen molar-refractivity contribution in [2.45, 2.75) is 45.3 Å². The average Bonchev–Trinajstić information content (AvgIpc) is 2.92. The standard InChI is InChI=1S/C20H35N5/c1-5-21-20(22-12-9-13-24(3)4)23-19-14-17(2)25(16-19)15-18-10-7-6-8-11-18/h6-8,10-11,17,19H,5,9,12-16H2,1-4H3,(H2,21,22,23). The van der Waals surface area contributed by atoms with Gasteiger partial charge in [-0.3, -0.25) is 9.89 Å². The van der Waals surface area contributed by atoms with E-state index in [1.54, 1.807) is 0 Å². The van der Waals surface area contributed by atoms with Gasteiger partial charge in [-0.25, -0.2) is 0 Å². The topological polar surface area (TPSA) is 42.9 Å². The number of nitrogens with zero attached hydrogens (tertiary/aromatic N) is 3. The van der Waals surface area contributed by atoms with Crippen LogP contribution in [0.15, 0.2) is 35.3 Å². The molecule has 1 aliphatic heterocycles. The smallest absolute Gasteiger partial charge is 0.191 e. The van der Waals surface area contributed by atoms with Crippen molar-refractivity contribution in [2.75, 3.05) is 40.3 Å². The number of hydrogen-bond acceptors (Lipinski definition) is 3. The van der Waals surface area contributed by atoms with Crippen molar-refractivity contribution < 1.29 is 0 Å².